The number of nitrogens with one attached hydrogen (secondary N) is 1. The molecule has 0 aliphatic rings. The zero-order valence-corrected chi connectivity index (χ0v) is 15.0. The molecule has 1 amide bonds. The van der Waals surface area contributed by atoms with Gasteiger partial charge in [0, 0.05) is 47.2 Å². The standard InChI is InChI=1S/C19H23N5O3/c20-4-7-26-9-10-27-8-6-23-19-15-3-5-22-12-16(15)14-2-1-13(18(21)25)11-17(14)24-19/h1-3,5,11-12H,4,6-10,20H2,(H2,21,25)(H,23,24). The van der Waals surface area contributed by atoms with Gasteiger partial charge < -0.3 is 26.3 Å². The predicted octanol–water partition coefficient (Wildman–Crippen LogP) is 1.29. The van der Waals surface area contributed by atoms with Crippen LogP contribution in [0.5, 0.6) is 0 Å². The highest BCUT2D eigenvalue weighted by atomic mass is 16.5. The van der Waals surface area contributed by atoms with Crippen molar-refractivity contribution in [1.29, 1.82) is 0 Å². The van der Waals surface area contributed by atoms with Crippen molar-refractivity contribution in [2.75, 3.05) is 44.8 Å². The highest BCUT2D eigenvalue weighted by Gasteiger charge is 2.10. The van der Waals surface area contributed by atoms with Crippen LogP contribution in [0.1, 0.15) is 10.4 Å². The Morgan fingerprint density at radius 2 is 1.85 bits per heavy atom. The number of anilines is 1. The van der Waals surface area contributed by atoms with Gasteiger partial charge in [0.1, 0.15) is 5.82 Å². The Labute approximate surface area is 156 Å². The number of primary amides is 1. The largest absolute Gasteiger partial charge is 0.378 e. The van der Waals surface area contributed by atoms with Crippen molar-refractivity contribution < 1.29 is 14.3 Å². The van der Waals surface area contributed by atoms with Gasteiger partial charge in [-0.15, -0.1) is 0 Å². The van der Waals surface area contributed by atoms with Crippen LogP contribution in [0.2, 0.25) is 0 Å². The average molecular weight is 369 g/mol. The zero-order chi connectivity index (χ0) is 19.1. The van der Waals surface area contributed by atoms with Crippen LogP contribution >= 0.6 is 0 Å². The first-order valence-electron chi connectivity index (χ1n) is 8.77. The third kappa shape index (κ3) is 4.68. The molecule has 0 atom stereocenters. The minimum absolute atomic E-state index is 0.421. The average Bonchev–Trinajstić information content (AvgIpc) is 2.69. The van der Waals surface area contributed by atoms with E-state index in [-0.39, 0.29) is 0 Å². The fraction of sp³-hybridized carbons (Fsp3) is 0.316. The minimum atomic E-state index is -0.482. The third-order valence-electron chi connectivity index (χ3n) is 4.05. The topological polar surface area (TPSA) is 125 Å². The number of ether oxygens (including phenoxy) is 2. The van der Waals surface area contributed by atoms with Crippen LogP contribution in [0.4, 0.5) is 5.82 Å². The molecule has 8 heteroatoms. The molecule has 3 rings (SSSR count). The van der Waals surface area contributed by atoms with E-state index < -0.39 is 5.91 Å². The first-order valence-corrected chi connectivity index (χ1v) is 8.77. The second-order valence-corrected chi connectivity index (χ2v) is 5.92. The summed E-state index contributed by atoms with van der Waals surface area (Å²) in [5.41, 5.74) is 11.8. The number of benzene rings is 1. The highest BCUT2D eigenvalue weighted by molar-refractivity contribution is 6.11. The molecule has 27 heavy (non-hydrogen) atoms. The number of amides is 1. The molecule has 0 saturated carbocycles. The van der Waals surface area contributed by atoms with Gasteiger partial charge in [0.25, 0.3) is 0 Å². The van der Waals surface area contributed by atoms with Crippen LogP contribution < -0.4 is 16.8 Å². The SMILES string of the molecule is NCCOCCOCCNc1nc2cc(C(N)=O)ccc2c2cnccc12. The zero-order valence-electron chi connectivity index (χ0n) is 15.0. The summed E-state index contributed by atoms with van der Waals surface area (Å²) in [6.07, 6.45) is 3.52. The van der Waals surface area contributed by atoms with Gasteiger partial charge in [-0.2, -0.15) is 0 Å². The summed E-state index contributed by atoms with van der Waals surface area (Å²) in [6.45, 7) is 3.18. The van der Waals surface area contributed by atoms with Crippen LogP contribution in [0.25, 0.3) is 21.7 Å². The summed E-state index contributed by atoms with van der Waals surface area (Å²) in [5.74, 6) is 0.231. The Morgan fingerprint density at radius 1 is 1.04 bits per heavy atom. The van der Waals surface area contributed by atoms with Crippen LogP contribution in [0, 0.1) is 0 Å². The smallest absolute Gasteiger partial charge is 0.248 e. The first-order chi connectivity index (χ1) is 13.2. The molecular weight excluding hydrogens is 346 g/mol. The van der Waals surface area contributed by atoms with Crippen molar-refractivity contribution in [2.45, 2.75) is 0 Å². The number of carbonyl (C=O) groups is 1. The van der Waals surface area contributed by atoms with Crippen molar-refractivity contribution >= 4 is 33.4 Å². The molecule has 5 N–H and O–H groups in total. The molecule has 0 bridgehead atoms. The molecule has 2 aromatic heterocycles. The second-order valence-electron chi connectivity index (χ2n) is 5.92. The predicted molar refractivity (Wildman–Crippen MR) is 105 cm³/mol. The molecular formula is C19H23N5O3. The normalized spacial score (nSPS) is 11.1. The van der Waals surface area contributed by atoms with Gasteiger partial charge in [0.15, 0.2) is 0 Å². The molecule has 2 heterocycles. The molecule has 0 radical (unpaired) electrons. The van der Waals surface area contributed by atoms with Crippen LogP contribution in [0.15, 0.2) is 36.7 Å². The summed E-state index contributed by atoms with van der Waals surface area (Å²) in [5, 5.41) is 6.12. The second kappa shape index (κ2) is 9.22. The highest BCUT2D eigenvalue weighted by Crippen LogP contribution is 2.29. The van der Waals surface area contributed by atoms with Gasteiger partial charge >= 0.3 is 0 Å². The van der Waals surface area contributed by atoms with Crippen molar-refractivity contribution in [3.8, 4) is 0 Å². The monoisotopic (exact) mass is 369 g/mol. The molecule has 0 unspecified atom stereocenters. The van der Waals surface area contributed by atoms with Crippen molar-refractivity contribution in [2.24, 2.45) is 11.5 Å². The van der Waals surface area contributed by atoms with Crippen LogP contribution in [-0.2, 0) is 9.47 Å². The summed E-state index contributed by atoms with van der Waals surface area (Å²) >= 11 is 0. The van der Waals surface area contributed by atoms with Crippen molar-refractivity contribution in [3.05, 3.63) is 42.2 Å². The Kier molecular flexibility index (Phi) is 6.48. The molecule has 1 aromatic carbocycles. The molecule has 8 nitrogen and oxygen atoms in total. The number of carbonyl (C=O) groups excluding carboxylic acids is 1. The summed E-state index contributed by atoms with van der Waals surface area (Å²) in [7, 11) is 0. The van der Waals surface area contributed by atoms with E-state index in [0.717, 1.165) is 16.2 Å². The van der Waals surface area contributed by atoms with Crippen LogP contribution in [0.3, 0.4) is 0 Å². The summed E-state index contributed by atoms with van der Waals surface area (Å²) < 4.78 is 10.8. The molecule has 0 fully saturated rings. The minimum Gasteiger partial charge on any atom is -0.378 e. The number of hydrogen-bond donors (Lipinski definition) is 3. The lowest BCUT2D eigenvalue weighted by atomic mass is 10.1. The van der Waals surface area contributed by atoms with Crippen molar-refractivity contribution in [1.82, 2.24) is 9.97 Å². The maximum atomic E-state index is 11.5. The van der Waals surface area contributed by atoms with Gasteiger partial charge in [-0.05, 0) is 18.2 Å². The maximum absolute atomic E-state index is 11.5. The van der Waals surface area contributed by atoms with Crippen LogP contribution in [-0.4, -0.2) is 55.4 Å². The van der Waals surface area contributed by atoms with Gasteiger partial charge in [0.2, 0.25) is 5.91 Å². The number of nitrogens with two attached hydrogens (primary N) is 2. The van der Waals surface area contributed by atoms with Gasteiger partial charge in [0.05, 0.1) is 31.9 Å². The number of rotatable bonds is 10. The molecule has 0 aliphatic carbocycles. The van der Waals surface area contributed by atoms with Gasteiger partial charge in [-0.3, -0.25) is 9.78 Å². The lowest BCUT2D eigenvalue weighted by molar-refractivity contribution is 0.0547. The Hall–Kier alpha value is -2.81. The van der Waals surface area contributed by atoms with E-state index in [1.165, 1.54) is 0 Å². The Morgan fingerprint density at radius 3 is 2.63 bits per heavy atom. The Bertz CT molecular complexity index is 932. The lowest BCUT2D eigenvalue weighted by Gasteiger charge is -2.12. The molecule has 0 aliphatic heterocycles. The van der Waals surface area contributed by atoms with E-state index in [9.17, 15) is 4.79 Å². The molecule has 0 spiro atoms. The number of fused-ring (bicyclic) bond motifs is 3. The first kappa shape index (κ1) is 19.0. The van der Waals surface area contributed by atoms with E-state index in [1.807, 2.05) is 12.1 Å². The number of aromatic nitrogens is 2. The lowest BCUT2D eigenvalue weighted by Crippen LogP contribution is -2.15. The molecule has 0 saturated heterocycles. The van der Waals surface area contributed by atoms with Gasteiger partial charge in [-0.1, -0.05) is 6.07 Å². The van der Waals surface area contributed by atoms with Gasteiger partial charge in [-0.25, -0.2) is 4.98 Å². The van der Waals surface area contributed by atoms with E-state index >= 15 is 0 Å². The third-order valence-corrected chi connectivity index (χ3v) is 4.05. The maximum Gasteiger partial charge on any atom is 0.248 e. The number of pyridine rings is 2. The fourth-order valence-electron chi connectivity index (χ4n) is 2.78. The summed E-state index contributed by atoms with van der Waals surface area (Å²) in [4.78, 5) is 20.3. The Balaban J connectivity index is 1.74. The quantitative estimate of drug-likeness (QED) is 0.363. The molecule has 3 aromatic rings. The number of hydrogen-bond acceptors (Lipinski definition) is 7. The number of nitrogens with zero attached hydrogens (tertiary/aromatic N) is 2. The van der Waals surface area contributed by atoms with E-state index in [4.69, 9.17) is 20.9 Å². The van der Waals surface area contributed by atoms with Crippen molar-refractivity contribution in [3.63, 3.8) is 0 Å². The van der Waals surface area contributed by atoms with E-state index in [0.29, 0.717) is 56.4 Å². The van der Waals surface area contributed by atoms with E-state index in [2.05, 4.69) is 15.3 Å². The van der Waals surface area contributed by atoms with E-state index in [1.54, 1.807) is 24.5 Å². The summed E-state index contributed by atoms with van der Waals surface area (Å²) in [6, 6.07) is 7.15. The fourth-order valence-corrected chi connectivity index (χ4v) is 2.78. The molecule has 142 valence electrons.